The van der Waals surface area contributed by atoms with Gasteiger partial charge in [-0.1, -0.05) is 11.8 Å². The van der Waals surface area contributed by atoms with Gasteiger partial charge < -0.3 is 10.4 Å². The predicted molar refractivity (Wildman–Crippen MR) is 76.3 cm³/mol. The van der Waals surface area contributed by atoms with Crippen molar-refractivity contribution in [3.8, 4) is 0 Å². The van der Waals surface area contributed by atoms with Crippen LogP contribution in [0, 0.1) is 6.92 Å². The number of carbonyl (C=O) groups is 2. The topological polar surface area (TPSA) is 102 Å². The molecule has 8 nitrogen and oxygen atoms in total. The smallest absolute Gasteiger partial charge is 0.313 e. The fourth-order valence-electron chi connectivity index (χ4n) is 2.61. The standard InChI is InChI=1S/C12H15N5O3S/c1-6-10-11(16(2)15-6)17(7-3-8(18)13-4-7)12(14-10)21-5-9(19)20/h7H,3-5H2,1-2H3,(H,13,18)(H,19,20). The molecule has 1 fully saturated rings. The molecule has 0 bridgehead atoms. The summed E-state index contributed by atoms with van der Waals surface area (Å²) in [4.78, 5) is 26.8. The van der Waals surface area contributed by atoms with Crippen LogP contribution < -0.4 is 5.32 Å². The van der Waals surface area contributed by atoms with Gasteiger partial charge in [-0.3, -0.25) is 18.8 Å². The largest absolute Gasteiger partial charge is 0.481 e. The van der Waals surface area contributed by atoms with Crippen molar-refractivity contribution >= 4 is 34.8 Å². The number of rotatable bonds is 4. The first-order valence-corrected chi connectivity index (χ1v) is 7.48. The number of carboxylic acids is 1. The Labute approximate surface area is 124 Å². The van der Waals surface area contributed by atoms with Crippen molar-refractivity contribution < 1.29 is 14.7 Å². The number of imidazole rings is 1. The number of aryl methyl sites for hydroxylation is 2. The summed E-state index contributed by atoms with van der Waals surface area (Å²) >= 11 is 1.16. The Morgan fingerprint density at radius 3 is 2.95 bits per heavy atom. The van der Waals surface area contributed by atoms with Crippen LogP contribution in [-0.2, 0) is 16.6 Å². The molecule has 2 N–H and O–H groups in total. The summed E-state index contributed by atoms with van der Waals surface area (Å²) in [6.45, 7) is 2.39. The number of nitrogens with zero attached hydrogens (tertiary/aromatic N) is 4. The Balaban J connectivity index is 2.09. The number of amides is 1. The van der Waals surface area contributed by atoms with Crippen molar-refractivity contribution in [3.05, 3.63) is 5.69 Å². The number of aromatic nitrogens is 4. The summed E-state index contributed by atoms with van der Waals surface area (Å²) < 4.78 is 3.66. The molecule has 112 valence electrons. The van der Waals surface area contributed by atoms with E-state index < -0.39 is 5.97 Å². The van der Waals surface area contributed by atoms with Gasteiger partial charge in [0.1, 0.15) is 5.52 Å². The number of aliphatic carboxylic acids is 1. The van der Waals surface area contributed by atoms with Crippen LogP contribution in [0.15, 0.2) is 5.16 Å². The fourth-order valence-corrected chi connectivity index (χ4v) is 3.39. The maximum absolute atomic E-state index is 11.5. The van der Waals surface area contributed by atoms with Gasteiger partial charge in [0.2, 0.25) is 5.91 Å². The highest BCUT2D eigenvalue weighted by Gasteiger charge is 2.29. The van der Waals surface area contributed by atoms with E-state index in [-0.39, 0.29) is 17.7 Å². The third-order valence-electron chi connectivity index (χ3n) is 3.45. The van der Waals surface area contributed by atoms with Crippen LogP contribution in [0.5, 0.6) is 0 Å². The number of carbonyl (C=O) groups excluding carboxylic acids is 1. The van der Waals surface area contributed by atoms with E-state index in [1.54, 1.807) is 4.68 Å². The van der Waals surface area contributed by atoms with Gasteiger partial charge in [-0.25, -0.2) is 4.98 Å². The van der Waals surface area contributed by atoms with Gasteiger partial charge in [0, 0.05) is 20.0 Å². The zero-order valence-electron chi connectivity index (χ0n) is 11.7. The van der Waals surface area contributed by atoms with Gasteiger partial charge >= 0.3 is 5.97 Å². The highest BCUT2D eigenvalue weighted by molar-refractivity contribution is 7.99. The molecular formula is C12H15N5O3S. The Morgan fingerprint density at radius 2 is 2.33 bits per heavy atom. The lowest BCUT2D eigenvalue weighted by Gasteiger charge is -2.14. The van der Waals surface area contributed by atoms with Crippen LogP contribution in [0.2, 0.25) is 0 Å². The first-order chi connectivity index (χ1) is 9.97. The Hall–Kier alpha value is -2.03. The quantitative estimate of drug-likeness (QED) is 0.788. The molecular weight excluding hydrogens is 294 g/mol. The molecule has 2 aromatic rings. The van der Waals surface area contributed by atoms with Crippen LogP contribution in [0.25, 0.3) is 11.2 Å². The maximum Gasteiger partial charge on any atom is 0.313 e. The second-order valence-electron chi connectivity index (χ2n) is 4.99. The molecule has 9 heteroatoms. The van der Waals surface area contributed by atoms with E-state index in [1.807, 2.05) is 18.5 Å². The molecule has 0 radical (unpaired) electrons. The van der Waals surface area contributed by atoms with Gasteiger partial charge in [-0.2, -0.15) is 5.10 Å². The SMILES string of the molecule is Cc1nn(C)c2c1nc(SCC(=O)O)n2C1CNC(=O)C1. The van der Waals surface area contributed by atoms with Crippen LogP contribution in [0.4, 0.5) is 0 Å². The van der Waals surface area contributed by atoms with E-state index in [9.17, 15) is 9.59 Å². The highest BCUT2D eigenvalue weighted by atomic mass is 32.2. The first-order valence-electron chi connectivity index (χ1n) is 6.50. The summed E-state index contributed by atoms with van der Waals surface area (Å²) in [6, 6.07) is -0.0615. The van der Waals surface area contributed by atoms with Crippen LogP contribution in [0.3, 0.4) is 0 Å². The van der Waals surface area contributed by atoms with Crippen molar-refractivity contribution in [2.45, 2.75) is 24.5 Å². The number of hydrogen-bond donors (Lipinski definition) is 2. The molecule has 0 aromatic carbocycles. The molecule has 3 rings (SSSR count). The lowest BCUT2D eigenvalue weighted by atomic mass is 10.2. The summed E-state index contributed by atoms with van der Waals surface area (Å²) in [5.41, 5.74) is 2.37. The molecule has 1 unspecified atom stereocenters. The summed E-state index contributed by atoms with van der Waals surface area (Å²) in [6.07, 6.45) is 0.371. The van der Waals surface area contributed by atoms with E-state index >= 15 is 0 Å². The summed E-state index contributed by atoms with van der Waals surface area (Å²) in [7, 11) is 1.82. The Kier molecular flexibility index (Phi) is 3.36. The molecule has 0 saturated carbocycles. The zero-order valence-corrected chi connectivity index (χ0v) is 12.5. The van der Waals surface area contributed by atoms with E-state index in [0.717, 1.165) is 28.6 Å². The molecule has 1 atom stereocenters. The third-order valence-corrected chi connectivity index (χ3v) is 4.39. The fraction of sp³-hybridized carbons (Fsp3) is 0.500. The number of nitrogens with one attached hydrogen (secondary N) is 1. The minimum atomic E-state index is -0.894. The minimum Gasteiger partial charge on any atom is -0.481 e. The van der Waals surface area contributed by atoms with E-state index in [4.69, 9.17) is 5.11 Å². The van der Waals surface area contributed by atoms with Crippen molar-refractivity contribution in [2.75, 3.05) is 12.3 Å². The molecule has 2 aromatic heterocycles. The molecule has 0 aliphatic carbocycles. The molecule has 1 aliphatic rings. The number of thioether (sulfide) groups is 1. The highest BCUT2D eigenvalue weighted by Crippen LogP contribution is 2.31. The Morgan fingerprint density at radius 1 is 1.57 bits per heavy atom. The zero-order chi connectivity index (χ0) is 15.1. The van der Waals surface area contributed by atoms with Gasteiger partial charge in [-0.05, 0) is 6.92 Å². The maximum atomic E-state index is 11.5. The third kappa shape index (κ3) is 2.37. The lowest BCUT2D eigenvalue weighted by Crippen LogP contribution is -2.17. The van der Waals surface area contributed by atoms with Crippen molar-refractivity contribution in [3.63, 3.8) is 0 Å². The van der Waals surface area contributed by atoms with Crippen molar-refractivity contribution in [1.82, 2.24) is 24.6 Å². The number of hydrogen-bond acceptors (Lipinski definition) is 5. The minimum absolute atomic E-state index is 0.00470. The van der Waals surface area contributed by atoms with E-state index in [1.165, 1.54) is 0 Å². The van der Waals surface area contributed by atoms with Crippen molar-refractivity contribution in [1.29, 1.82) is 0 Å². The first kappa shape index (κ1) is 13.9. The molecule has 1 amide bonds. The van der Waals surface area contributed by atoms with Gasteiger partial charge in [-0.15, -0.1) is 0 Å². The predicted octanol–water partition coefficient (Wildman–Crippen LogP) is 0.316. The molecule has 1 aliphatic heterocycles. The summed E-state index contributed by atoms with van der Waals surface area (Å²) in [5.74, 6) is -0.965. The van der Waals surface area contributed by atoms with Crippen LogP contribution in [-0.4, -0.2) is 48.6 Å². The molecule has 21 heavy (non-hydrogen) atoms. The second kappa shape index (κ2) is 5.06. The van der Waals surface area contributed by atoms with Gasteiger partial charge in [0.25, 0.3) is 0 Å². The van der Waals surface area contributed by atoms with Crippen LogP contribution >= 0.6 is 11.8 Å². The molecule has 3 heterocycles. The Bertz CT molecular complexity index is 735. The van der Waals surface area contributed by atoms with Gasteiger partial charge in [0.15, 0.2) is 10.8 Å². The lowest BCUT2D eigenvalue weighted by molar-refractivity contribution is -0.134. The van der Waals surface area contributed by atoms with Crippen molar-refractivity contribution in [2.24, 2.45) is 7.05 Å². The van der Waals surface area contributed by atoms with Crippen LogP contribution in [0.1, 0.15) is 18.2 Å². The molecule has 1 saturated heterocycles. The van der Waals surface area contributed by atoms with E-state index in [0.29, 0.717) is 18.1 Å². The number of fused-ring (bicyclic) bond motifs is 1. The average molecular weight is 309 g/mol. The molecule has 0 spiro atoms. The number of carboxylic acid groups (broad SMARTS) is 1. The van der Waals surface area contributed by atoms with E-state index in [2.05, 4.69) is 15.4 Å². The second-order valence-corrected chi connectivity index (χ2v) is 5.93. The van der Waals surface area contributed by atoms with Gasteiger partial charge in [0.05, 0.1) is 17.5 Å². The normalized spacial score (nSPS) is 18.4. The summed E-state index contributed by atoms with van der Waals surface area (Å²) in [5, 5.41) is 16.6. The monoisotopic (exact) mass is 309 g/mol. The average Bonchev–Trinajstić information content (AvgIpc) is 3.05.